The van der Waals surface area contributed by atoms with E-state index in [0.717, 1.165) is 0 Å². The zero-order chi connectivity index (χ0) is 10.0. The molecule has 1 fully saturated rings. The van der Waals surface area contributed by atoms with Gasteiger partial charge >= 0.3 is 5.97 Å². The van der Waals surface area contributed by atoms with Crippen molar-refractivity contribution < 1.29 is 14.7 Å². The molecule has 0 aromatic rings. The topological polar surface area (TPSA) is 92.4 Å². The lowest BCUT2D eigenvalue weighted by Gasteiger charge is -2.16. The molecule has 6 heteroatoms. The minimum absolute atomic E-state index is 0.144. The monoisotopic (exact) mass is 204 g/mol. The third-order valence-electron chi connectivity index (χ3n) is 1.91. The second kappa shape index (κ2) is 3.97. The average molecular weight is 204 g/mol. The van der Waals surface area contributed by atoms with Gasteiger partial charge in [-0.2, -0.15) is 11.8 Å². The number of nitrogens with one attached hydrogen (secondary N) is 1. The molecule has 0 bridgehead atoms. The molecule has 0 aliphatic carbocycles. The molecule has 1 saturated heterocycles. The molecule has 0 radical (unpaired) electrons. The number of hydrogen-bond donors (Lipinski definition) is 3. The van der Waals surface area contributed by atoms with Crippen molar-refractivity contribution in [2.24, 2.45) is 5.73 Å². The molecular weight excluding hydrogens is 192 g/mol. The maximum Gasteiger partial charge on any atom is 0.327 e. The van der Waals surface area contributed by atoms with Gasteiger partial charge in [0.15, 0.2) is 0 Å². The second-order valence-corrected chi connectivity index (χ2v) is 4.38. The first-order valence-electron chi connectivity index (χ1n) is 3.92. The summed E-state index contributed by atoms with van der Waals surface area (Å²) in [6.45, 7) is 1.77. The van der Waals surface area contributed by atoms with Crippen LogP contribution in [0.4, 0.5) is 0 Å². The van der Waals surface area contributed by atoms with Crippen molar-refractivity contribution in [3.63, 3.8) is 0 Å². The number of carboxylic acids is 1. The number of carbonyl (C=O) groups excluding carboxylic acids is 1. The van der Waals surface area contributed by atoms with Gasteiger partial charge in [-0.1, -0.05) is 6.92 Å². The minimum atomic E-state index is -1.01. The van der Waals surface area contributed by atoms with E-state index in [1.165, 1.54) is 11.8 Å². The maximum atomic E-state index is 11.2. The third kappa shape index (κ3) is 2.35. The predicted molar refractivity (Wildman–Crippen MR) is 49.5 cm³/mol. The molecule has 5 nitrogen and oxygen atoms in total. The van der Waals surface area contributed by atoms with E-state index in [0.29, 0.717) is 5.75 Å². The molecule has 1 aliphatic heterocycles. The summed E-state index contributed by atoms with van der Waals surface area (Å²) < 4.78 is 0. The van der Waals surface area contributed by atoms with Gasteiger partial charge < -0.3 is 16.2 Å². The van der Waals surface area contributed by atoms with E-state index in [1.54, 1.807) is 6.92 Å². The molecule has 3 atom stereocenters. The van der Waals surface area contributed by atoms with Crippen molar-refractivity contribution in [1.29, 1.82) is 0 Å². The number of carbonyl (C=O) groups is 2. The molecule has 0 spiro atoms. The van der Waals surface area contributed by atoms with Gasteiger partial charge in [0.25, 0.3) is 0 Å². The van der Waals surface area contributed by atoms with Crippen LogP contribution in [0.3, 0.4) is 0 Å². The molecule has 1 heterocycles. The van der Waals surface area contributed by atoms with E-state index in [1.807, 2.05) is 0 Å². The Hall–Kier alpha value is -0.750. The molecule has 1 aliphatic rings. The van der Waals surface area contributed by atoms with Crippen molar-refractivity contribution in [2.75, 3.05) is 5.75 Å². The van der Waals surface area contributed by atoms with Crippen molar-refractivity contribution in [3.05, 3.63) is 0 Å². The molecule has 4 N–H and O–H groups in total. The van der Waals surface area contributed by atoms with E-state index in [2.05, 4.69) is 5.32 Å². The molecule has 0 unspecified atom stereocenters. The zero-order valence-electron chi connectivity index (χ0n) is 7.19. The number of hydrogen-bond acceptors (Lipinski definition) is 4. The first-order valence-corrected chi connectivity index (χ1v) is 4.97. The van der Waals surface area contributed by atoms with E-state index in [4.69, 9.17) is 10.8 Å². The van der Waals surface area contributed by atoms with Crippen LogP contribution in [0.1, 0.15) is 6.92 Å². The average Bonchev–Trinajstić information content (AvgIpc) is 2.18. The normalized spacial score (nSPS) is 34.9. The number of nitrogens with two attached hydrogens (primary N) is 1. The van der Waals surface area contributed by atoms with E-state index >= 15 is 0 Å². The van der Waals surface area contributed by atoms with Gasteiger partial charge in [0.2, 0.25) is 5.91 Å². The Morgan fingerprint density at radius 2 is 2.38 bits per heavy atom. The van der Waals surface area contributed by atoms with Crippen LogP contribution in [0.2, 0.25) is 0 Å². The van der Waals surface area contributed by atoms with Gasteiger partial charge in [-0.25, -0.2) is 4.79 Å². The van der Waals surface area contributed by atoms with Crippen molar-refractivity contribution in [2.45, 2.75) is 24.3 Å². The second-order valence-electron chi connectivity index (χ2n) is 2.97. The van der Waals surface area contributed by atoms with Gasteiger partial charge in [-0.15, -0.1) is 0 Å². The van der Waals surface area contributed by atoms with Gasteiger partial charge in [0.05, 0.1) is 6.04 Å². The summed E-state index contributed by atoms with van der Waals surface area (Å²) in [4.78, 5) is 21.9. The lowest BCUT2D eigenvalue weighted by Crippen LogP contribution is -2.49. The Kier molecular flexibility index (Phi) is 3.16. The van der Waals surface area contributed by atoms with Crippen molar-refractivity contribution in [1.82, 2.24) is 5.32 Å². The third-order valence-corrected chi connectivity index (χ3v) is 3.26. The fourth-order valence-electron chi connectivity index (χ4n) is 1.07. The predicted octanol–water partition coefficient (Wildman–Crippen LogP) is -0.982. The van der Waals surface area contributed by atoms with Gasteiger partial charge in [-0.3, -0.25) is 4.79 Å². The SMILES string of the molecule is C[C@H]1SC[C@H](N)C(=O)N[C@@H]1C(=O)O. The van der Waals surface area contributed by atoms with E-state index in [-0.39, 0.29) is 11.2 Å². The van der Waals surface area contributed by atoms with Crippen LogP contribution >= 0.6 is 11.8 Å². The highest BCUT2D eigenvalue weighted by atomic mass is 32.2. The van der Waals surface area contributed by atoms with E-state index in [9.17, 15) is 9.59 Å². The Labute approximate surface area is 80.1 Å². The Balaban J connectivity index is 2.74. The summed E-state index contributed by atoms with van der Waals surface area (Å²) in [5.74, 6) is -0.928. The Bertz CT molecular complexity index is 234. The number of thioether (sulfide) groups is 1. The molecular formula is C7H12N2O3S. The van der Waals surface area contributed by atoms with Gasteiger partial charge in [0.1, 0.15) is 6.04 Å². The highest BCUT2D eigenvalue weighted by molar-refractivity contribution is 8.00. The van der Waals surface area contributed by atoms with Crippen molar-refractivity contribution in [3.8, 4) is 0 Å². The Morgan fingerprint density at radius 1 is 1.77 bits per heavy atom. The highest BCUT2D eigenvalue weighted by Crippen LogP contribution is 2.18. The summed E-state index contributed by atoms with van der Waals surface area (Å²) in [6.07, 6.45) is 0. The minimum Gasteiger partial charge on any atom is -0.480 e. The zero-order valence-corrected chi connectivity index (χ0v) is 8.00. The smallest absolute Gasteiger partial charge is 0.327 e. The van der Waals surface area contributed by atoms with Crippen LogP contribution in [0.5, 0.6) is 0 Å². The molecule has 74 valence electrons. The maximum absolute atomic E-state index is 11.2. The number of carboxylic acid groups (broad SMARTS) is 1. The van der Waals surface area contributed by atoms with Crippen LogP contribution < -0.4 is 11.1 Å². The first kappa shape index (κ1) is 10.3. The molecule has 0 aromatic heterocycles. The summed E-state index contributed by atoms with van der Waals surface area (Å²) in [5, 5.41) is 11.0. The van der Waals surface area contributed by atoms with Crippen LogP contribution in [-0.4, -0.2) is 40.1 Å². The summed E-state index contributed by atoms with van der Waals surface area (Å²) >= 11 is 1.40. The van der Waals surface area contributed by atoms with Crippen LogP contribution in [0, 0.1) is 0 Å². The lowest BCUT2D eigenvalue weighted by atomic mass is 10.2. The van der Waals surface area contributed by atoms with Crippen molar-refractivity contribution >= 4 is 23.6 Å². The van der Waals surface area contributed by atoms with E-state index < -0.39 is 18.1 Å². The fraction of sp³-hybridized carbons (Fsp3) is 0.714. The van der Waals surface area contributed by atoms with Gasteiger partial charge in [-0.05, 0) is 0 Å². The lowest BCUT2D eigenvalue weighted by molar-refractivity contribution is -0.141. The molecule has 1 amide bonds. The van der Waals surface area contributed by atoms with Crippen LogP contribution in [0.15, 0.2) is 0 Å². The van der Waals surface area contributed by atoms with Crippen LogP contribution in [-0.2, 0) is 9.59 Å². The standard InChI is InChI=1S/C7H12N2O3S/c1-3-5(7(11)12)9-6(10)4(8)2-13-3/h3-5H,2,8H2,1H3,(H,9,10)(H,11,12)/t3-,4+,5+/m1/s1. The number of aliphatic carboxylic acids is 1. The molecule has 13 heavy (non-hydrogen) atoms. The highest BCUT2D eigenvalue weighted by Gasteiger charge is 2.32. The summed E-state index contributed by atoms with van der Waals surface area (Å²) in [7, 11) is 0. The summed E-state index contributed by atoms with van der Waals surface area (Å²) in [6, 6.07) is -1.43. The quantitative estimate of drug-likeness (QED) is 0.510. The number of rotatable bonds is 1. The molecule has 0 saturated carbocycles. The van der Waals surface area contributed by atoms with Gasteiger partial charge in [0, 0.05) is 11.0 Å². The first-order chi connectivity index (χ1) is 6.02. The van der Waals surface area contributed by atoms with Crippen LogP contribution in [0.25, 0.3) is 0 Å². The number of amides is 1. The fourth-order valence-corrected chi connectivity index (χ4v) is 2.11. The Morgan fingerprint density at radius 3 is 2.92 bits per heavy atom. The molecule has 0 aromatic carbocycles. The summed E-state index contributed by atoms with van der Waals surface area (Å²) in [5.41, 5.74) is 5.48. The largest absolute Gasteiger partial charge is 0.480 e. The molecule has 1 rings (SSSR count).